The molecule has 2 heterocycles. The predicted octanol–water partition coefficient (Wildman–Crippen LogP) is 6.95. The van der Waals surface area contributed by atoms with Crippen molar-refractivity contribution in [1.82, 2.24) is 9.47 Å². The van der Waals surface area contributed by atoms with E-state index in [2.05, 4.69) is 72.2 Å². The van der Waals surface area contributed by atoms with Gasteiger partial charge >= 0.3 is 0 Å². The number of ether oxygens (including phenoxy) is 1. The van der Waals surface area contributed by atoms with E-state index in [1.54, 1.807) is 0 Å². The predicted molar refractivity (Wildman–Crippen MR) is 146 cm³/mol. The summed E-state index contributed by atoms with van der Waals surface area (Å²) in [7, 11) is 0. The van der Waals surface area contributed by atoms with Crippen LogP contribution in [0.3, 0.4) is 0 Å². The van der Waals surface area contributed by atoms with Crippen LogP contribution in [-0.4, -0.2) is 35.1 Å². The summed E-state index contributed by atoms with van der Waals surface area (Å²) in [5, 5.41) is 0. The summed E-state index contributed by atoms with van der Waals surface area (Å²) in [4.78, 5) is 15.8. The molecule has 0 radical (unpaired) electrons. The number of nitrogens with zero attached hydrogens (tertiary/aromatic N) is 2. The Morgan fingerprint density at radius 2 is 1.53 bits per heavy atom. The second-order valence-corrected chi connectivity index (χ2v) is 9.58. The summed E-state index contributed by atoms with van der Waals surface area (Å²) in [5.41, 5.74) is 6.28. The third kappa shape index (κ3) is 5.08. The van der Waals surface area contributed by atoms with Crippen LogP contribution in [0.2, 0.25) is 0 Å². The van der Waals surface area contributed by atoms with Gasteiger partial charge in [0.05, 0.1) is 17.9 Å². The van der Waals surface area contributed by atoms with E-state index in [1.807, 2.05) is 42.2 Å². The number of rotatable bonds is 7. The van der Waals surface area contributed by atoms with Crippen molar-refractivity contribution < 1.29 is 9.53 Å². The number of piperidine rings is 1. The highest BCUT2D eigenvalue weighted by Crippen LogP contribution is 2.32. The van der Waals surface area contributed by atoms with Crippen LogP contribution in [-0.2, 0) is 6.42 Å². The molecule has 36 heavy (non-hydrogen) atoms. The largest absolute Gasteiger partial charge is 0.494 e. The van der Waals surface area contributed by atoms with Crippen molar-refractivity contribution in [3.63, 3.8) is 0 Å². The lowest BCUT2D eigenvalue weighted by Crippen LogP contribution is -2.39. The molecule has 1 fully saturated rings. The van der Waals surface area contributed by atoms with Crippen LogP contribution in [0.5, 0.6) is 5.75 Å². The Hall–Kier alpha value is -3.79. The van der Waals surface area contributed by atoms with Crippen LogP contribution < -0.4 is 4.74 Å². The van der Waals surface area contributed by atoms with Crippen molar-refractivity contribution in [2.24, 2.45) is 5.92 Å². The molecule has 1 saturated heterocycles. The minimum Gasteiger partial charge on any atom is -0.494 e. The fourth-order valence-corrected chi connectivity index (χ4v) is 5.29. The fraction of sp³-hybridized carbons (Fsp3) is 0.281. The van der Waals surface area contributed by atoms with Gasteiger partial charge in [-0.2, -0.15) is 0 Å². The summed E-state index contributed by atoms with van der Waals surface area (Å²) in [6.07, 6.45) is 3.18. The van der Waals surface area contributed by atoms with Gasteiger partial charge in [-0.25, -0.2) is 0 Å². The van der Waals surface area contributed by atoms with Gasteiger partial charge in [0.25, 0.3) is 5.91 Å². The third-order valence-corrected chi connectivity index (χ3v) is 7.22. The average molecular weight is 479 g/mol. The molecule has 0 bridgehead atoms. The molecular weight excluding hydrogens is 444 g/mol. The number of carbonyl (C=O) groups excluding carboxylic acids is 1. The van der Waals surface area contributed by atoms with Crippen LogP contribution in [0.4, 0.5) is 0 Å². The van der Waals surface area contributed by atoms with Crippen molar-refractivity contribution >= 4 is 5.91 Å². The summed E-state index contributed by atoms with van der Waals surface area (Å²) < 4.78 is 7.84. The molecule has 0 unspecified atom stereocenters. The second-order valence-electron chi connectivity index (χ2n) is 9.58. The van der Waals surface area contributed by atoms with Crippen LogP contribution >= 0.6 is 0 Å². The minimum atomic E-state index is 0.132. The Balaban J connectivity index is 1.40. The van der Waals surface area contributed by atoms with Gasteiger partial charge in [-0.15, -0.1) is 0 Å². The van der Waals surface area contributed by atoms with Gasteiger partial charge in [0.1, 0.15) is 5.75 Å². The van der Waals surface area contributed by atoms with Crippen molar-refractivity contribution in [2.45, 2.75) is 33.1 Å². The molecule has 4 heteroatoms. The van der Waals surface area contributed by atoms with E-state index in [4.69, 9.17) is 4.74 Å². The van der Waals surface area contributed by atoms with E-state index in [0.29, 0.717) is 12.5 Å². The maximum Gasteiger partial charge on any atom is 0.255 e. The molecule has 0 aliphatic carbocycles. The molecule has 1 aliphatic heterocycles. The number of hydrogen-bond donors (Lipinski definition) is 0. The normalized spacial score (nSPS) is 14.1. The Labute approximate surface area is 214 Å². The number of carbonyl (C=O) groups is 1. The molecule has 0 spiro atoms. The number of hydrogen-bond acceptors (Lipinski definition) is 2. The van der Waals surface area contributed by atoms with Gasteiger partial charge in [-0.1, -0.05) is 60.7 Å². The van der Waals surface area contributed by atoms with Crippen LogP contribution in [0.1, 0.15) is 41.4 Å². The molecule has 4 aromatic rings. The van der Waals surface area contributed by atoms with Crippen molar-refractivity contribution in [3.8, 4) is 22.7 Å². The fourth-order valence-electron chi connectivity index (χ4n) is 5.29. The van der Waals surface area contributed by atoms with Crippen LogP contribution in [0, 0.1) is 12.8 Å². The summed E-state index contributed by atoms with van der Waals surface area (Å²) in [6, 6.07) is 31.2. The lowest BCUT2D eigenvalue weighted by Gasteiger charge is -2.32. The molecule has 1 aliphatic rings. The molecule has 1 aromatic heterocycles. The van der Waals surface area contributed by atoms with E-state index in [0.717, 1.165) is 66.3 Å². The first-order valence-electron chi connectivity index (χ1n) is 13.0. The SMILES string of the molecule is CCOc1ccc(-n2c(-c3ccccc3)cc(C(=O)N3CCC(Cc4ccccc4)CC3)c2C)cc1. The summed E-state index contributed by atoms with van der Waals surface area (Å²) in [6.45, 7) is 6.30. The molecule has 184 valence electrons. The van der Waals surface area contributed by atoms with Gasteiger partial charge in [0.15, 0.2) is 0 Å². The molecule has 5 rings (SSSR count). The zero-order valence-corrected chi connectivity index (χ0v) is 21.2. The Bertz CT molecular complexity index is 1290. The van der Waals surface area contributed by atoms with Gasteiger partial charge in [-0.3, -0.25) is 4.79 Å². The lowest BCUT2D eigenvalue weighted by atomic mass is 9.90. The third-order valence-electron chi connectivity index (χ3n) is 7.22. The number of amides is 1. The van der Waals surface area contributed by atoms with Crippen LogP contribution in [0.25, 0.3) is 16.9 Å². The Morgan fingerprint density at radius 1 is 0.889 bits per heavy atom. The van der Waals surface area contributed by atoms with Gasteiger partial charge < -0.3 is 14.2 Å². The molecule has 3 aromatic carbocycles. The quantitative estimate of drug-likeness (QED) is 0.288. The standard InChI is InChI=1S/C32H34N2O2/c1-3-36-29-16-14-28(15-17-29)34-24(2)30(23-31(34)27-12-8-5-9-13-27)32(35)33-20-18-26(19-21-33)22-25-10-6-4-7-11-25/h4-17,23,26H,3,18-22H2,1-2H3. The highest BCUT2D eigenvalue weighted by Gasteiger charge is 2.27. The zero-order valence-electron chi connectivity index (χ0n) is 21.2. The average Bonchev–Trinajstić information content (AvgIpc) is 3.27. The van der Waals surface area contributed by atoms with Crippen molar-refractivity contribution in [3.05, 3.63) is 108 Å². The van der Waals surface area contributed by atoms with Crippen LogP contribution in [0.15, 0.2) is 91.0 Å². The highest BCUT2D eigenvalue weighted by molar-refractivity contribution is 5.97. The first-order valence-corrected chi connectivity index (χ1v) is 13.0. The monoisotopic (exact) mass is 478 g/mol. The van der Waals surface area contributed by atoms with Crippen molar-refractivity contribution in [2.75, 3.05) is 19.7 Å². The number of likely N-dealkylation sites (tertiary alicyclic amines) is 1. The second kappa shape index (κ2) is 10.9. The highest BCUT2D eigenvalue weighted by atomic mass is 16.5. The number of aromatic nitrogens is 1. The summed E-state index contributed by atoms with van der Waals surface area (Å²) in [5.74, 6) is 1.61. The first-order chi connectivity index (χ1) is 17.6. The maximum atomic E-state index is 13.7. The summed E-state index contributed by atoms with van der Waals surface area (Å²) >= 11 is 0. The molecule has 4 nitrogen and oxygen atoms in total. The maximum absolute atomic E-state index is 13.7. The first kappa shape index (κ1) is 23.9. The van der Waals surface area contributed by atoms with E-state index >= 15 is 0 Å². The Kier molecular flexibility index (Phi) is 7.22. The van der Waals surface area contributed by atoms with E-state index < -0.39 is 0 Å². The zero-order chi connectivity index (χ0) is 24.9. The number of benzene rings is 3. The van der Waals surface area contributed by atoms with E-state index in [9.17, 15) is 4.79 Å². The van der Waals surface area contributed by atoms with E-state index in [-0.39, 0.29) is 5.91 Å². The molecular formula is C32H34N2O2. The van der Waals surface area contributed by atoms with Gasteiger partial charge in [0, 0.05) is 24.5 Å². The smallest absolute Gasteiger partial charge is 0.255 e. The molecule has 0 saturated carbocycles. The van der Waals surface area contributed by atoms with Gasteiger partial charge in [-0.05, 0) is 80.5 Å². The molecule has 0 atom stereocenters. The lowest BCUT2D eigenvalue weighted by molar-refractivity contribution is 0.0690. The Morgan fingerprint density at radius 3 is 2.17 bits per heavy atom. The van der Waals surface area contributed by atoms with E-state index in [1.165, 1.54) is 5.56 Å². The van der Waals surface area contributed by atoms with Crippen molar-refractivity contribution in [1.29, 1.82) is 0 Å². The molecule has 1 amide bonds. The topological polar surface area (TPSA) is 34.5 Å². The van der Waals surface area contributed by atoms with Gasteiger partial charge in [0.2, 0.25) is 0 Å². The minimum absolute atomic E-state index is 0.132. The molecule has 0 N–H and O–H groups in total.